The third-order valence-corrected chi connectivity index (χ3v) is 5.21. The molecule has 1 aliphatic rings. The summed E-state index contributed by atoms with van der Waals surface area (Å²) in [6, 6.07) is 3.19. The van der Waals surface area contributed by atoms with Crippen molar-refractivity contribution in [3.8, 4) is 0 Å². The molecule has 0 atom stereocenters. The second-order valence-electron chi connectivity index (χ2n) is 7.11. The predicted octanol–water partition coefficient (Wildman–Crippen LogP) is 4.97. The van der Waals surface area contributed by atoms with E-state index in [0.717, 1.165) is 50.9 Å². The predicted molar refractivity (Wildman–Crippen MR) is 102 cm³/mol. The Bertz CT molecular complexity index is 679. The summed E-state index contributed by atoms with van der Waals surface area (Å²) in [5.41, 5.74) is -1.18. The largest absolute Gasteiger partial charge is 0.419 e. The van der Waals surface area contributed by atoms with Gasteiger partial charge in [0.2, 0.25) is 5.91 Å². The van der Waals surface area contributed by atoms with Crippen molar-refractivity contribution in [3.05, 3.63) is 41.2 Å². The van der Waals surface area contributed by atoms with Gasteiger partial charge in [-0.3, -0.25) is 4.79 Å². The molecule has 1 aromatic rings. The van der Waals surface area contributed by atoms with Gasteiger partial charge in [-0.25, -0.2) is 4.39 Å². The van der Waals surface area contributed by atoms with Crippen molar-refractivity contribution < 1.29 is 22.4 Å². The van der Waals surface area contributed by atoms with E-state index in [-0.39, 0.29) is 11.5 Å². The highest BCUT2D eigenvalue weighted by atomic mass is 19.4. The van der Waals surface area contributed by atoms with Crippen molar-refractivity contribution in [2.45, 2.75) is 51.7 Å². The van der Waals surface area contributed by atoms with E-state index in [1.54, 1.807) is 4.90 Å². The molecule has 0 unspecified atom stereocenters. The standard InChI is InChI=1S/C21H28F4N2O/c1-3-5-12-26(4-2)17-10-13-27(14-11-17)20(28)9-7-16-6-8-19(22)18(15-16)21(23,24)25/h6-9,15,17H,3-5,10-14H2,1-2H3/b9-7+. The number of piperidine rings is 1. The molecule has 0 aliphatic carbocycles. The minimum Gasteiger partial charge on any atom is -0.339 e. The zero-order chi connectivity index (χ0) is 20.7. The van der Waals surface area contributed by atoms with Crippen molar-refractivity contribution in [1.29, 1.82) is 0 Å². The summed E-state index contributed by atoms with van der Waals surface area (Å²) >= 11 is 0. The Labute approximate surface area is 164 Å². The summed E-state index contributed by atoms with van der Waals surface area (Å²) in [5.74, 6) is -1.55. The lowest BCUT2D eigenvalue weighted by molar-refractivity contribution is -0.140. The molecule has 7 heteroatoms. The number of likely N-dealkylation sites (tertiary alicyclic amines) is 1. The molecule has 1 aliphatic heterocycles. The summed E-state index contributed by atoms with van der Waals surface area (Å²) in [6.45, 7) is 7.64. The maximum absolute atomic E-state index is 13.3. The first-order chi connectivity index (χ1) is 13.3. The van der Waals surface area contributed by atoms with Crippen molar-refractivity contribution >= 4 is 12.0 Å². The van der Waals surface area contributed by atoms with Gasteiger partial charge < -0.3 is 9.80 Å². The lowest BCUT2D eigenvalue weighted by Crippen LogP contribution is -2.46. The first-order valence-corrected chi connectivity index (χ1v) is 9.84. The van der Waals surface area contributed by atoms with Crippen molar-refractivity contribution in [2.24, 2.45) is 0 Å². The molecule has 3 nitrogen and oxygen atoms in total. The molecule has 1 aromatic carbocycles. The highest BCUT2D eigenvalue weighted by Crippen LogP contribution is 2.32. The van der Waals surface area contributed by atoms with E-state index < -0.39 is 17.6 Å². The zero-order valence-electron chi connectivity index (χ0n) is 16.4. The quantitative estimate of drug-likeness (QED) is 0.477. The second kappa shape index (κ2) is 10.0. The summed E-state index contributed by atoms with van der Waals surface area (Å²) in [6.07, 6.45) is 1.91. The Morgan fingerprint density at radius 3 is 2.50 bits per heavy atom. The van der Waals surface area contributed by atoms with Gasteiger partial charge in [0.25, 0.3) is 0 Å². The van der Waals surface area contributed by atoms with Crippen LogP contribution >= 0.6 is 0 Å². The fourth-order valence-electron chi connectivity index (χ4n) is 3.55. The molecular formula is C21H28F4N2O. The molecular weight excluding hydrogens is 372 g/mol. The van der Waals surface area contributed by atoms with Crippen LogP contribution in [-0.4, -0.2) is 47.9 Å². The smallest absolute Gasteiger partial charge is 0.339 e. The van der Waals surface area contributed by atoms with Crippen LogP contribution in [0.25, 0.3) is 6.08 Å². The van der Waals surface area contributed by atoms with Crippen LogP contribution in [0, 0.1) is 5.82 Å². The number of alkyl halides is 3. The van der Waals surface area contributed by atoms with Crippen LogP contribution in [-0.2, 0) is 11.0 Å². The Balaban J connectivity index is 1.94. The topological polar surface area (TPSA) is 23.6 Å². The van der Waals surface area contributed by atoms with E-state index in [1.807, 2.05) is 0 Å². The van der Waals surface area contributed by atoms with E-state index in [4.69, 9.17) is 0 Å². The molecule has 1 fully saturated rings. The number of halogens is 4. The fraction of sp³-hybridized carbons (Fsp3) is 0.571. The third-order valence-electron chi connectivity index (χ3n) is 5.21. The monoisotopic (exact) mass is 400 g/mol. The average molecular weight is 400 g/mol. The van der Waals surface area contributed by atoms with Crippen molar-refractivity contribution in [2.75, 3.05) is 26.2 Å². The second-order valence-corrected chi connectivity index (χ2v) is 7.11. The van der Waals surface area contributed by atoms with E-state index >= 15 is 0 Å². The first-order valence-electron chi connectivity index (χ1n) is 9.84. The molecule has 0 saturated carbocycles. The Morgan fingerprint density at radius 1 is 1.25 bits per heavy atom. The lowest BCUT2D eigenvalue weighted by atomic mass is 10.0. The third kappa shape index (κ3) is 6.06. The number of nitrogens with zero attached hydrogens (tertiary/aromatic N) is 2. The van der Waals surface area contributed by atoms with Gasteiger partial charge in [-0.2, -0.15) is 13.2 Å². The molecule has 156 valence electrons. The minimum absolute atomic E-state index is 0.147. The van der Waals surface area contributed by atoms with Crippen LogP contribution in [0.15, 0.2) is 24.3 Å². The normalized spacial score (nSPS) is 16.3. The van der Waals surface area contributed by atoms with Gasteiger partial charge in [0.05, 0.1) is 5.56 Å². The summed E-state index contributed by atoms with van der Waals surface area (Å²) in [5, 5.41) is 0. The number of rotatable bonds is 7. The number of hydrogen-bond acceptors (Lipinski definition) is 2. The molecule has 0 radical (unpaired) electrons. The molecule has 0 aromatic heterocycles. The number of hydrogen-bond donors (Lipinski definition) is 0. The van der Waals surface area contributed by atoms with E-state index in [0.29, 0.717) is 19.1 Å². The van der Waals surface area contributed by atoms with Crippen LogP contribution in [0.4, 0.5) is 17.6 Å². The molecule has 1 heterocycles. The Morgan fingerprint density at radius 2 is 1.93 bits per heavy atom. The first kappa shape index (κ1) is 22.4. The number of carbonyl (C=O) groups is 1. The summed E-state index contributed by atoms with van der Waals surface area (Å²) in [7, 11) is 0. The SMILES string of the molecule is CCCCN(CC)C1CCN(C(=O)/C=C/c2ccc(F)c(C(F)(F)F)c2)CC1. The zero-order valence-corrected chi connectivity index (χ0v) is 16.4. The van der Waals surface area contributed by atoms with Crippen LogP contribution in [0.3, 0.4) is 0 Å². The average Bonchev–Trinajstić information content (AvgIpc) is 2.67. The van der Waals surface area contributed by atoms with Crippen LogP contribution in [0.2, 0.25) is 0 Å². The molecule has 28 heavy (non-hydrogen) atoms. The van der Waals surface area contributed by atoms with Crippen molar-refractivity contribution in [1.82, 2.24) is 9.80 Å². The van der Waals surface area contributed by atoms with E-state index in [9.17, 15) is 22.4 Å². The highest BCUT2D eigenvalue weighted by Gasteiger charge is 2.34. The van der Waals surface area contributed by atoms with Crippen LogP contribution in [0.1, 0.15) is 50.7 Å². The van der Waals surface area contributed by atoms with Crippen LogP contribution < -0.4 is 0 Å². The van der Waals surface area contributed by atoms with E-state index in [1.165, 1.54) is 18.2 Å². The van der Waals surface area contributed by atoms with Gasteiger partial charge in [-0.05, 0) is 56.1 Å². The number of benzene rings is 1. The number of carbonyl (C=O) groups excluding carboxylic acids is 1. The maximum atomic E-state index is 13.3. The Hall–Kier alpha value is -1.89. The fourth-order valence-corrected chi connectivity index (χ4v) is 3.55. The molecule has 1 saturated heterocycles. The Kier molecular flexibility index (Phi) is 8.04. The van der Waals surface area contributed by atoms with Gasteiger partial charge in [-0.1, -0.05) is 26.3 Å². The van der Waals surface area contributed by atoms with Gasteiger partial charge >= 0.3 is 6.18 Å². The van der Waals surface area contributed by atoms with Gasteiger partial charge in [0.15, 0.2) is 0 Å². The van der Waals surface area contributed by atoms with Crippen molar-refractivity contribution in [3.63, 3.8) is 0 Å². The van der Waals surface area contributed by atoms with Gasteiger partial charge in [0.1, 0.15) is 5.82 Å². The molecule has 2 rings (SSSR count). The van der Waals surface area contributed by atoms with E-state index in [2.05, 4.69) is 18.7 Å². The number of amides is 1. The maximum Gasteiger partial charge on any atom is 0.419 e. The molecule has 0 bridgehead atoms. The number of unbranched alkanes of at least 4 members (excludes halogenated alkanes) is 1. The summed E-state index contributed by atoms with van der Waals surface area (Å²) in [4.78, 5) is 16.5. The molecule has 0 N–H and O–H groups in total. The minimum atomic E-state index is -4.76. The highest BCUT2D eigenvalue weighted by molar-refractivity contribution is 5.91. The lowest BCUT2D eigenvalue weighted by Gasteiger charge is -2.38. The van der Waals surface area contributed by atoms with Crippen LogP contribution in [0.5, 0.6) is 0 Å². The van der Waals surface area contributed by atoms with Gasteiger partial charge in [-0.15, -0.1) is 0 Å². The van der Waals surface area contributed by atoms with Gasteiger partial charge in [0, 0.05) is 25.2 Å². The molecule has 1 amide bonds. The summed E-state index contributed by atoms with van der Waals surface area (Å²) < 4.78 is 51.7. The molecule has 0 spiro atoms.